The Hall–Kier alpha value is -3.54. The monoisotopic (exact) mass is 534 g/mol. The molecule has 37 heavy (non-hydrogen) atoms. The van der Waals surface area contributed by atoms with E-state index in [-0.39, 0.29) is 44.3 Å². The van der Waals surface area contributed by atoms with E-state index in [0.717, 1.165) is 0 Å². The zero-order valence-electron chi connectivity index (χ0n) is 20.6. The standard InChI is InChI=1S/C23H31N6O7P/c1-15(2)24-19-14-18(25-20(27-19)16-6-4-3-5-7-16)21(30)26-17(8-13-37(34,35)36)22(31)28-9-11-29(12-10-28)23(32)33/h3-7,14-15,17H,8-13H2,1-2H3,(H,26,30)(H,32,33)(H,24,25,27)(H2,34,35,36)/t17-/m0/s1. The Balaban J connectivity index is 1.85. The molecule has 2 heterocycles. The number of carbonyl (C=O) groups is 3. The van der Waals surface area contributed by atoms with E-state index in [1.807, 2.05) is 32.0 Å². The number of benzene rings is 1. The van der Waals surface area contributed by atoms with Crippen molar-refractivity contribution in [3.05, 3.63) is 42.1 Å². The highest BCUT2D eigenvalue weighted by molar-refractivity contribution is 7.51. The van der Waals surface area contributed by atoms with Gasteiger partial charge in [-0.25, -0.2) is 14.8 Å². The molecule has 0 unspecified atom stereocenters. The minimum Gasteiger partial charge on any atom is -0.465 e. The number of nitrogens with one attached hydrogen (secondary N) is 2. The van der Waals surface area contributed by atoms with Crippen molar-refractivity contribution >= 4 is 31.3 Å². The van der Waals surface area contributed by atoms with E-state index in [1.54, 1.807) is 12.1 Å². The molecule has 0 radical (unpaired) electrons. The van der Waals surface area contributed by atoms with Crippen LogP contribution in [0, 0.1) is 0 Å². The number of anilines is 1. The summed E-state index contributed by atoms with van der Waals surface area (Å²) in [6.07, 6.45) is -2.01. The Morgan fingerprint density at radius 2 is 1.65 bits per heavy atom. The summed E-state index contributed by atoms with van der Waals surface area (Å²) in [5.74, 6) is -0.569. The van der Waals surface area contributed by atoms with Gasteiger partial charge in [0.1, 0.15) is 17.6 Å². The molecule has 1 aromatic heterocycles. The summed E-state index contributed by atoms with van der Waals surface area (Å²) in [4.78, 5) is 67.7. The highest BCUT2D eigenvalue weighted by Crippen LogP contribution is 2.35. The van der Waals surface area contributed by atoms with Crippen LogP contribution >= 0.6 is 7.60 Å². The maximum Gasteiger partial charge on any atom is 0.407 e. The predicted octanol–water partition coefficient (Wildman–Crippen LogP) is 1.45. The second-order valence-electron chi connectivity index (χ2n) is 8.93. The smallest absolute Gasteiger partial charge is 0.407 e. The van der Waals surface area contributed by atoms with Crippen molar-refractivity contribution in [2.45, 2.75) is 32.4 Å². The fraction of sp³-hybridized carbons (Fsp3) is 0.435. The van der Waals surface area contributed by atoms with Crippen molar-refractivity contribution < 1.29 is 33.8 Å². The molecule has 1 atom stereocenters. The van der Waals surface area contributed by atoms with Gasteiger partial charge in [-0.2, -0.15) is 0 Å². The second kappa shape index (κ2) is 12.1. The van der Waals surface area contributed by atoms with Crippen LogP contribution in [0.15, 0.2) is 36.4 Å². The highest BCUT2D eigenvalue weighted by Gasteiger charge is 2.32. The molecule has 3 amide bonds. The lowest BCUT2D eigenvalue weighted by molar-refractivity contribution is -0.134. The van der Waals surface area contributed by atoms with Crippen LogP contribution in [0.25, 0.3) is 11.4 Å². The molecule has 2 aromatic rings. The maximum atomic E-state index is 13.2. The Kier molecular flexibility index (Phi) is 9.19. The maximum absolute atomic E-state index is 13.2. The number of hydrogen-bond acceptors (Lipinski definition) is 7. The minimum absolute atomic E-state index is 0.0106. The first-order chi connectivity index (χ1) is 17.4. The molecule has 1 saturated heterocycles. The van der Waals surface area contributed by atoms with Crippen LogP contribution in [0.1, 0.15) is 30.8 Å². The average molecular weight is 535 g/mol. The molecule has 1 fully saturated rings. The number of rotatable bonds is 9. The van der Waals surface area contributed by atoms with Gasteiger partial charge >= 0.3 is 13.7 Å². The largest absolute Gasteiger partial charge is 0.465 e. The molecule has 200 valence electrons. The summed E-state index contributed by atoms with van der Waals surface area (Å²) < 4.78 is 11.5. The third-order valence-corrected chi connectivity index (χ3v) is 6.44. The predicted molar refractivity (Wildman–Crippen MR) is 135 cm³/mol. The van der Waals surface area contributed by atoms with Crippen LogP contribution < -0.4 is 10.6 Å². The van der Waals surface area contributed by atoms with Crippen LogP contribution in [0.5, 0.6) is 0 Å². The summed E-state index contributed by atoms with van der Waals surface area (Å²) in [7, 11) is -4.45. The number of carbonyl (C=O) groups excluding carboxylic acids is 2. The third-order valence-electron chi connectivity index (χ3n) is 5.60. The number of carboxylic acid groups (broad SMARTS) is 1. The van der Waals surface area contributed by atoms with Gasteiger partial charge in [0.15, 0.2) is 5.82 Å². The number of amides is 3. The second-order valence-corrected chi connectivity index (χ2v) is 10.7. The van der Waals surface area contributed by atoms with Gasteiger partial charge in [-0.15, -0.1) is 0 Å². The van der Waals surface area contributed by atoms with Gasteiger partial charge < -0.3 is 35.3 Å². The van der Waals surface area contributed by atoms with Crippen molar-refractivity contribution in [1.82, 2.24) is 25.1 Å². The Bertz CT molecular complexity index is 1170. The van der Waals surface area contributed by atoms with Crippen LogP contribution in [0.3, 0.4) is 0 Å². The van der Waals surface area contributed by atoms with Crippen LogP contribution in [0.4, 0.5) is 10.6 Å². The highest BCUT2D eigenvalue weighted by atomic mass is 31.2. The molecule has 1 aliphatic rings. The molecule has 13 nitrogen and oxygen atoms in total. The van der Waals surface area contributed by atoms with E-state index in [0.29, 0.717) is 17.2 Å². The van der Waals surface area contributed by atoms with E-state index in [9.17, 15) is 28.7 Å². The van der Waals surface area contributed by atoms with E-state index in [4.69, 9.17) is 5.11 Å². The minimum atomic E-state index is -4.45. The molecule has 14 heteroatoms. The van der Waals surface area contributed by atoms with E-state index >= 15 is 0 Å². The fourth-order valence-electron chi connectivity index (χ4n) is 3.77. The fourth-order valence-corrected chi connectivity index (χ4v) is 4.37. The molecular formula is C23H31N6O7P. The Labute approximate surface area is 214 Å². The quantitative estimate of drug-likeness (QED) is 0.295. The number of hydrogen-bond donors (Lipinski definition) is 5. The molecule has 3 rings (SSSR count). The topological polar surface area (TPSA) is 185 Å². The normalized spacial score (nSPS) is 14.8. The molecule has 0 aliphatic carbocycles. The van der Waals surface area contributed by atoms with E-state index < -0.39 is 37.7 Å². The lowest BCUT2D eigenvalue weighted by atomic mass is 10.1. The van der Waals surface area contributed by atoms with Crippen LogP contribution in [-0.2, 0) is 9.36 Å². The molecular weight excluding hydrogens is 503 g/mol. The van der Waals surface area contributed by atoms with Crippen molar-refractivity contribution in [2.75, 3.05) is 37.7 Å². The number of aromatic nitrogens is 2. The van der Waals surface area contributed by atoms with E-state index in [1.165, 1.54) is 15.9 Å². The van der Waals surface area contributed by atoms with Gasteiger partial charge in [0.25, 0.3) is 5.91 Å². The summed E-state index contributed by atoms with van der Waals surface area (Å²) in [5.41, 5.74) is 0.649. The Morgan fingerprint density at radius 1 is 1.03 bits per heavy atom. The van der Waals surface area contributed by atoms with Crippen molar-refractivity contribution in [2.24, 2.45) is 0 Å². The summed E-state index contributed by atoms with van der Waals surface area (Å²) >= 11 is 0. The summed E-state index contributed by atoms with van der Waals surface area (Å²) in [5, 5.41) is 14.8. The van der Waals surface area contributed by atoms with Gasteiger partial charge in [-0.1, -0.05) is 30.3 Å². The first-order valence-corrected chi connectivity index (χ1v) is 13.6. The molecule has 0 bridgehead atoms. The first-order valence-electron chi connectivity index (χ1n) is 11.8. The zero-order chi connectivity index (χ0) is 27.2. The van der Waals surface area contributed by atoms with Crippen molar-refractivity contribution in [3.63, 3.8) is 0 Å². The lowest BCUT2D eigenvalue weighted by Gasteiger charge is -2.35. The summed E-state index contributed by atoms with van der Waals surface area (Å²) in [6.45, 7) is 4.20. The van der Waals surface area contributed by atoms with Gasteiger partial charge in [0.2, 0.25) is 5.91 Å². The first kappa shape index (κ1) is 28.0. The Morgan fingerprint density at radius 3 is 2.22 bits per heavy atom. The van der Waals surface area contributed by atoms with Crippen LogP contribution in [-0.4, -0.2) is 97.0 Å². The third kappa shape index (κ3) is 8.24. The summed E-state index contributed by atoms with van der Waals surface area (Å²) in [6, 6.07) is 9.24. The average Bonchev–Trinajstić information content (AvgIpc) is 2.85. The molecule has 1 aromatic carbocycles. The van der Waals surface area contributed by atoms with Gasteiger partial charge in [0.05, 0.1) is 6.16 Å². The van der Waals surface area contributed by atoms with Crippen molar-refractivity contribution in [3.8, 4) is 11.4 Å². The molecule has 1 aliphatic heterocycles. The van der Waals surface area contributed by atoms with Gasteiger partial charge in [0, 0.05) is 43.9 Å². The molecule has 5 N–H and O–H groups in total. The lowest BCUT2D eigenvalue weighted by Crippen LogP contribution is -2.56. The van der Waals surface area contributed by atoms with Gasteiger partial charge in [-0.05, 0) is 20.3 Å². The van der Waals surface area contributed by atoms with Crippen molar-refractivity contribution in [1.29, 1.82) is 0 Å². The molecule has 0 spiro atoms. The number of piperazine rings is 1. The van der Waals surface area contributed by atoms with Crippen LogP contribution in [0.2, 0.25) is 0 Å². The van der Waals surface area contributed by atoms with E-state index in [2.05, 4.69) is 20.6 Å². The SMILES string of the molecule is CC(C)Nc1cc(C(=O)N[C@@H](CCP(=O)(O)O)C(=O)N2CCN(C(=O)O)CC2)nc(-c2ccccc2)n1. The molecule has 0 saturated carbocycles. The zero-order valence-corrected chi connectivity index (χ0v) is 21.5. The number of nitrogens with zero attached hydrogens (tertiary/aromatic N) is 4. The van der Waals surface area contributed by atoms with Gasteiger partial charge in [-0.3, -0.25) is 14.2 Å².